The molecule has 0 radical (unpaired) electrons. The van der Waals surface area contributed by atoms with Crippen LogP contribution >= 0.6 is 0 Å². The van der Waals surface area contributed by atoms with Crippen molar-refractivity contribution in [2.45, 2.75) is 45.3 Å². The average Bonchev–Trinajstić information content (AvgIpc) is 3.10. The van der Waals surface area contributed by atoms with Crippen LogP contribution in [-0.2, 0) is 15.1 Å². The minimum atomic E-state index is -0.378. The van der Waals surface area contributed by atoms with Crippen LogP contribution in [-0.4, -0.2) is 18.6 Å². The summed E-state index contributed by atoms with van der Waals surface area (Å²) in [4.78, 5) is 12.0. The highest BCUT2D eigenvalue weighted by atomic mass is 16.5. The van der Waals surface area contributed by atoms with Crippen LogP contribution in [0.5, 0.6) is 0 Å². The summed E-state index contributed by atoms with van der Waals surface area (Å²) < 4.78 is 5.32. The van der Waals surface area contributed by atoms with Crippen molar-refractivity contribution in [3.8, 4) is 0 Å². The van der Waals surface area contributed by atoms with Gasteiger partial charge in [0.05, 0.1) is 5.54 Å². The minimum absolute atomic E-state index is 0.0177. The van der Waals surface area contributed by atoms with Gasteiger partial charge in [-0.3, -0.25) is 4.79 Å². The third-order valence-corrected chi connectivity index (χ3v) is 3.47. The molecule has 0 saturated heterocycles. The Morgan fingerprint density at radius 1 is 1.50 bits per heavy atom. The van der Waals surface area contributed by atoms with Gasteiger partial charge in [0.15, 0.2) is 0 Å². The average molecular weight is 247 g/mol. The molecule has 1 amide bonds. The van der Waals surface area contributed by atoms with Gasteiger partial charge in [0.25, 0.3) is 0 Å². The summed E-state index contributed by atoms with van der Waals surface area (Å²) in [5.41, 5.74) is 2.29. The van der Waals surface area contributed by atoms with E-state index in [4.69, 9.17) is 4.74 Å². The molecule has 1 N–H and O–H groups in total. The van der Waals surface area contributed by atoms with E-state index in [1.807, 2.05) is 13.0 Å². The summed E-state index contributed by atoms with van der Waals surface area (Å²) >= 11 is 0. The van der Waals surface area contributed by atoms with Crippen LogP contribution < -0.4 is 5.32 Å². The lowest BCUT2D eigenvalue weighted by molar-refractivity contribution is -0.132. The quantitative estimate of drug-likeness (QED) is 0.868. The molecule has 0 spiro atoms. The van der Waals surface area contributed by atoms with E-state index in [1.54, 1.807) is 6.92 Å². The number of carbonyl (C=O) groups excluding carboxylic acids is 1. The molecule has 0 aromatic heterocycles. The predicted octanol–water partition coefficient (Wildman–Crippen LogP) is 2.53. The lowest BCUT2D eigenvalue weighted by Crippen LogP contribution is -2.41. The van der Waals surface area contributed by atoms with Gasteiger partial charge in [-0.1, -0.05) is 29.8 Å². The summed E-state index contributed by atoms with van der Waals surface area (Å²) in [6.45, 7) is 6.33. The van der Waals surface area contributed by atoms with Crippen molar-refractivity contribution < 1.29 is 9.53 Å². The second-order valence-electron chi connectivity index (χ2n) is 5.04. The minimum Gasteiger partial charge on any atom is -0.369 e. The number of ether oxygens (including phenoxy) is 1. The number of aryl methyl sites for hydroxylation is 1. The molecule has 0 heterocycles. The van der Waals surface area contributed by atoms with Crippen LogP contribution in [0, 0.1) is 6.92 Å². The summed E-state index contributed by atoms with van der Waals surface area (Å²) in [6.07, 6.45) is 1.65. The molecule has 1 atom stereocenters. The molecule has 1 aliphatic carbocycles. The number of carbonyl (C=O) groups is 1. The zero-order valence-electron chi connectivity index (χ0n) is 11.3. The molecular weight excluding hydrogens is 226 g/mol. The number of benzene rings is 1. The van der Waals surface area contributed by atoms with E-state index in [1.165, 1.54) is 11.1 Å². The fourth-order valence-corrected chi connectivity index (χ4v) is 2.22. The number of hydrogen-bond acceptors (Lipinski definition) is 2. The summed E-state index contributed by atoms with van der Waals surface area (Å²) in [6, 6.07) is 8.36. The van der Waals surface area contributed by atoms with Crippen molar-refractivity contribution in [2.24, 2.45) is 0 Å². The Kier molecular flexibility index (Phi) is 3.71. The van der Waals surface area contributed by atoms with E-state index in [2.05, 4.69) is 30.4 Å². The molecule has 1 saturated carbocycles. The molecule has 98 valence electrons. The molecule has 18 heavy (non-hydrogen) atoms. The zero-order chi connectivity index (χ0) is 13.2. The summed E-state index contributed by atoms with van der Waals surface area (Å²) in [5.74, 6) is -0.0177. The largest absolute Gasteiger partial charge is 0.369 e. The summed E-state index contributed by atoms with van der Waals surface area (Å²) in [7, 11) is 0. The van der Waals surface area contributed by atoms with Crippen molar-refractivity contribution in [3.05, 3.63) is 35.4 Å². The lowest BCUT2D eigenvalue weighted by atomic mass is 10.0. The highest BCUT2D eigenvalue weighted by Gasteiger charge is 2.46. The van der Waals surface area contributed by atoms with Gasteiger partial charge in [-0.05, 0) is 39.2 Å². The number of hydrogen-bond donors (Lipinski definition) is 1. The molecule has 1 aliphatic rings. The third-order valence-electron chi connectivity index (χ3n) is 3.47. The normalized spacial score (nSPS) is 18.2. The smallest absolute Gasteiger partial charge is 0.249 e. The maximum atomic E-state index is 12.0. The number of amides is 1. The molecule has 1 aromatic rings. The molecular formula is C15H21NO2. The van der Waals surface area contributed by atoms with E-state index in [0.717, 1.165) is 12.8 Å². The van der Waals surface area contributed by atoms with Gasteiger partial charge in [0.2, 0.25) is 5.91 Å². The first-order valence-corrected chi connectivity index (χ1v) is 6.58. The first kappa shape index (κ1) is 13.1. The molecule has 1 aromatic carbocycles. The monoisotopic (exact) mass is 247 g/mol. The van der Waals surface area contributed by atoms with Gasteiger partial charge in [0.1, 0.15) is 6.10 Å². The van der Waals surface area contributed by atoms with Crippen LogP contribution in [0.4, 0.5) is 0 Å². The van der Waals surface area contributed by atoms with Gasteiger partial charge in [0, 0.05) is 6.61 Å². The van der Waals surface area contributed by atoms with Gasteiger partial charge >= 0.3 is 0 Å². The summed E-state index contributed by atoms with van der Waals surface area (Å²) in [5, 5.41) is 3.13. The topological polar surface area (TPSA) is 38.3 Å². The van der Waals surface area contributed by atoms with Crippen LogP contribution in [0.3, 0.4) is 0 Å². The van der Waals surface area contributed by atoms with Gasteiger partial charge in [-0.2, -0.15) is 0 Å². The Hall–Kier alpha value is -1.35. The second-order valence-corrected chi connectivity index (χ2v) is 5.04. The van der Waals surface area contributed by atoms with Crippen LogP contribution in [0.2, 0.25) is 0 Å². The Bertz CT molecular complexity index is 438. The number of rotatable bonds is 5. The molecule has 0 unspecified atom stereocenters. The van der Waals surface area contributed by atoms with Crippen LogP contribution in [0.1, 0.15) is 37.8 Å². The lowest BCUT2D eigenvalue weighted by Gasteiger charge is -2.21. The van der Waals surface area contributed by atoms with E-state index >= 15 is 0 Å². The Balaban J connectivity index is 2.07. The first-order chi connectivity index (χ1) is 8.57. The molecule has 3 heteroatoms. The Morgan fingerprint density at radius 2 is 2.22 bits per heavy atom. The first-order valence-electron chi connectivity index (χ1n) is 6.58. The van der Waals surface area contributed by atoms with E-state index in [0.29, 0.717) is 6.61 Å². The third kappa shape index (κ3) is 2.72. The van der Waals surface area contributed by atoms with Crippen molar-refractivity contribution in [3.63, 3.8) is 0 Å². The van der Waals surface area contributed by atoms with Crippen LogP contribution in [0.15, 0.2) is 24.3 Å². The van der Waals surface area contributed by atoms with E-state index in [9.17, 15) is 4.79 Å². The van der Waals surface area contributed by atoms with Gasteiger partial charge in [-0.25, -0.2) is 0 Å². The second kappa shape index (κ2) is 5.11. The fourth-order valence-electron chi connectivity index (χ4n) is 2.22. The zero-order valence-corrected chi connectivity index (χ0v) is 11.3. The molecule has 3 nitrogen and oxygen atoms in total. The standard InChI is InChI=1S/C15H21NO2/c1-4-18-12(3)14(17)16-15(8-9-15)13-7-5-6-11(2)10-13/h5-7,10,12H,4,8-9H2,1-3H3,(H,16,17)/t12-/m1/s1. The fraction of sp³-hybridized carbons (Fsp3) is 0.533. The highest BCUT2D eigenvalue weighted by Crippen LogP contribution is 2.45. The van der Waals surface area contributed by atoms with Gasteiger partial charge in [-0.15, -0.1) is 0 Å². The number of nitrogens with one attached hydrogen (secondary N) is 1. The van der Waals surface area contributed by atoms with Gasteiger partial charge < -0.3 is 10.1 Å². The van der Waals surface area contributed by atoms with Crippen molar-refractivity contribution >= 4 is 5.91 Å². The highest BCUT2D eigenvalue weighted by molar-refractivity contribution is 5.81. The van der Waals surface area contributed by atoms with Crippen molar-refractivity contribution in [1.29, 1.82) is 0 Å². The molecule has 0 bridgehead atoms. The molecule has 2 rings (SSSR count). The SMILES string of the molecule is CCO[C@H](C)C(=O)NC1(c2cccc(C)c2)CC1. The molecule has 1 fully saturated rings. The predicted molar refractivity (Wildman–Crippen MR) is 71.3 cm³/mol. The van der Waals surface area contributed by atoms with E-state index < -0.39 is 0 Å². The van der Waals surface area contributed by atoms with Crippen molar-refractivity contribution in [1.82, 2.24) is 5.32 Å². The Morgan fingerprint density at radius 3 is 2.78 bits per heavy atom. The van der Waals surface area contributed by atoms with Crippen LogP contribution in [0.25, 0.3) is 0 Å². The van der Waals surface area contributed by atoms with E-state index in [-0.39, 0.29) is 17.6 Å². The van der Waals surface area contributed by atoms with Crippen molar-refractivity contribution in [2.75, 3.05) is 6.61 Å². The maximum absolute atomic E-state index is 12.0. The molecule has 0 aliphatic heterocycles. The maximum Gasteiger partial charge on any atom is 0.249 e. The Labute approximate surface area is 109 Å².